The molecular formula is C21H26N2O3S. The molecule has 2 aromatic rings. The SMILES string of the molecule is COc1cccc(C(CNC(=O)/C(C)=C/c2cccs2)N2CCOCC2)c1. The van der Waals surface area contributed by atoms with E-state index in [1.165, 1.54) is 0 Å². The molecule has 1 aliphatic heterocycles. The van der Waals surface area contributed by atoms with Gasteiger partial charge >= 0.3 is 0 Å². The summed E-state index contributed by atoms with van der Waals surface area (Å²) in [5, 5.41) is 5.11. The molecule has 1 aromatic heterocycles. The zero-order chi connectivity index (χ0) is 19.1. The molecule has 1 atom stereocenters. The Bertz CT molecular complexity index is 767. The van der Waals surface area contributed by atoms with E-state index in [0.717, 1.165) is 29.3 Å². The second-order valence-electron chi connectivity index (χ2n) is 6.49. The first-order valence-corrected chi connectivity index (χ1v) is 10.0. The highest BCUT2D eigenvalue weighted by molar-refractivity contribution is 7.10. The first-order valence-electron chi connectivity index (χ1n) is 9.13. The Labute approximate surface area is 164 Å². The second-order valence-corrected chi connectivity index (χ2v) is 7.47. The van der Waals surface area contributed by atoms with Gasteiger partial charge in [-0.15, -0.1) is 11.3 Å². The van der Waals surface area contributed by atoms with Crippen molar-refractivity contribution in [1.29, 1.82) is 0 Å². The highest BCUT2D eigenvalue weighted by Gasteiger charge is 2.23. The predicted molar refractivity (Wildman–Crippen MR) is 109 cm³/mol. The topological polar surface area (TPSA) is 50.8 Å². The van der Waals surface area contributed by atoms with E-state index in [0.29, 0.717) is 25.3 Å². The van der Waals surface area contributed by atoms with Crippen LogP contribution in [0.3, 0.4) is 0 Å². The summed E-state index contributed by atoms with van der Waals surface area (Å²) in [7, 11) is 1.67. The summed E-state index contributed by atoms with van der Waals surface area (Å²) in [5.41, 5.74) is 1.85. The minimum absolute atomic E-state index is 0.0374. The molecule has 5 nitrogen and oxygen atoms in total. The lowest BCUT2D eigenvalue weighted by Crippen LogP contribution is -2.44. The molecule has 1 fully saturated rings. The number of carbonyl (C=O) groups excluding carboxylic acids is 1. The number of benzene rings is 1. The molecule has 1 aromatic carbocycles. The fraction of sp³-hybridized carbons (Fsp3) is 0.381. The number of carbonyl (C=O) groups is 1. The summed E-state index contributed by atoms with van der Waals surface area (Å²) in [5.74, 6) is 0.787. The number of hydrogen-bond acceptors (Lipinski definition) is 5. The Kier molecular flexibility index (Phi) is 7.04. The van der Waals surface area contributed by atoms with Crippen LogP contribution in [0, 0.1) is 0 Å². The number of nitrogens with zero attached hydrogens (tertiary/aromatic N) is 1. The molecule has 3 rings (SSSR count). The molecule has 27 heavy (non-hydrogen) atoms. The van der Waals surface area contributed by atoms with Crippen LogP contribution in [0.15, 0.2) is 47.4 Å². The van der Waals surface area contributed by atoms with Gasteiger partial charge in [-0.2, -0.15) is 0 Å². The number of methoxy groups -OCH3 is 1. The van der Waals surface area contributed by atoms with Crippen molar-refractivity contribution in [3.63, 3.8) is 0 Å². The summed E-state index contributed by atoms with van der Waals surface area (Å²) in [6.45, 7) is 5.52. The van der Waals surface area contributed by atoms with Gasteiger partial charge in [0.15, 0.2) is 0 Å². The van der Waals surface area contributed by atoms with Crippen molar-refractivity contribution in [2.24, 2.45) is 0 Å². The third-order valence-corrected chi connectivity index (χ3v) is 5.50. The molecule has 144 valence electrons. The number of nitrogens with one attached hydrogen (secondary N) is 1. The van der Waals surface area contributed by atoms with Gasteiger partial charge in [0.2, 0.25) is 5.91 Å². The zero-order valence-electron chi connectivity index (χ0n) is 15.8. The van der Waals surface area contributed by atoms with E-state index < -0.39 is 0 Å². The van der Waals surface area contributed by atoms with Gasteiger partial charge in [0.05, 0.1) is 26.4 Å². The summed E-state index contributed by atoms with van der Waals surface area (Å²) in [4.78, 5) is 16.0. The molecule has 6 heteroatoms. The Balaban J connectivity index is 1.71. The van der Waals surface area contributed by atoms with Gasteiger partial charge in [-0.25, -0.2) is 0 Å². The first-order chi connectivity index (χ1) is 13.2. The van der Waals surface area contributed by atoms with Crippen LogP contribution in [-0.2, 0) is 9.53 Å². The molecule has 0 saturated carbocycles. The molecule has 2 heterocycles. The molecule has 1 amide bonds. The molecule has 1 aliphatic rings. The molecular weight excluding hydrogens is 360 g/mol. The van der Waals surface area contributed by atoms with Gasteiger partial charge in [0, 0.05) is 30.1 Å². The van der Waals surface area contributed by atoms with Crippen LogP contribution in [0.2, 0.25) is 0 Å². The second kappa shape index (κ2) is 9.69. The van der Waals surface area contributed by atoms with Crippen LogP contribution in [-0.4, -0.2) is 50.8 Å². The molecule has 1 saturated heterocycles. The van der Waals surface area contributed by atoms with Gasteiger partial charge in [0.1, 0.15) is 5.75 Å². The summed E-state index contributed by atoms with van der Waals surface area (Å²) in [6, 6.07) is 12.1. The van der Waals surface area contributed by atoms with Crippen molar-refractivity contribution in [3.05, 3.63) is 57.8 Å². The van der Waals surface area contributed by atoms with Crippen LogP contribution in [0.1, 0.15) is 23.4 Å². The Hall–Kier alpha value is -2.15. The van der Waals surface area contributed by atoms with Crippen LogP contribution < -0.4 is 10.1 Å². The average Bonchev–Trinajstić information content (AvgIpc) is 3.22. The van der Waals surface area contributed by atoms with Crippen molar-refractivity contribution in [3.8, 4) is 5.75 Å². The quantitative estimate of drug-likeness (QED) is 0.742. The lowest BCUT2D eigenvalue weighted by Gasteiger charge is -2.35. The molecule has 0 aliphatic carbocycles. The molecule has 0 radical (unpaired) electrons. The normalized spacial score (nSPS) is 16.7. The van der Waals surface area contributed by atoms with Crippen LogP contribution in [0.5, 0.6) is 5.75 Å². The maximum Gasteiger partial charge on any atom is 0.247 e. The van der Waals surface area contributed by atoms with Crippen molar-refractivity contribution >= 4 is 23.3 Å². The van der Waals surface area contributed by atoms with E-state index in [4.69, 9.17) is 9.47 Å². The molecule has 0 bridgehead atoms. The number of rotatable bonds is 7. The van der Waals surface area contributed by atoms with E-state index in [-0.39, 0.29) is 11.9 Å². The lowest BCUT2D eigenvalue weighted by atomic mass is 10.0. The maximum atomic E-state index is 12.6. The average molecular weight is 387 g/mol. The zero-order valence-corrected chi connectivity index (χ0v) is 16.6. The van der Waals surface area contributed by atoms with Gasteiger partial charge in [-0.3, -0.25) is 9.69 Å². The highest BCUT2D eigenvalue weighted by Crippen LogP contribution is 2.25. The summed E-state index contributed by atoms with van der Waals surface area (Å²) >= 11 is 1.62. The highest BCUT2D eigenvalue weighted by atomic mass is 32.1. The number of ether oxygens (including phenoxy) is 2. The van der Waals surface area contributed by atoms with Gasteiger partial charge in [0.25, 0.3) is 0 Å². The number of morpholine rings is 1. The fourth-order valence-corrected chi connectivity index (χ4v) is 3.89. The van der Waals surface area contributed by atoms with Crippen molar-refractivity contribution in [2.75, 3.05) is 40.0 Å². The molecule has 1 unspecified atom stereocenters. The molecule has 1 N–H and O–H groups in total. The maximum absolute atomic E-state index is 12.6. The number of thiophene rings is 1. The lowest BCUT2D eigenvalue weighted by molar-refractivity contribution is -0.117. The van der Waals surface area contributed by atoms with Crippen molar-refractivity contribution in [1.82, 2.24) is 10.2 Å². The fourth-order valence-electron chi connectivity index (χ4n) is 3.18. The largest absolute Gasteiger partial charge is 0.497 e. The van der Waals surface area contributed by atoms with Crippen molar-refractivity contribution < 1.29 is 14.3 Å². The first kappa shape index (κ1) is 19.6. The third kappa shape index (κ3) is 5.42. The number of hydrogen-bond donors (Lipinski definition) is 1. The third-order valence-electron chi connectivity index (χ3n) is 4.68. The summed E-state index contributed by atoms with van der Waals surface area (Å²) in [6.07, 6.45) is 1.93. The number of amides is 1. The predicted octanol–water partition coefficient (Wildman–Crippen LogP) is 3.35. The smallest absolute Gasteiger partial charge is 0.247 e. The van der Waals surface area contributed by atoms with Gasteiger partial charge in [-0.1, -0.05) is 18.2 Å². The molecule has 0 spiro atoms. The van der Waals surface area contributed by atoms with E-state index >= 15 is 0 Å². The Morgan fingerprint density at radius 2 is 2.15 bits per heavy atom. The van der Waals surface area contributed by atoms with E-state index in [1.807, 2.05) is 48.7 Å². The van der Waals surface area contributed by atoms with Gasteiger partial charge < -0.3 is 14.8 Å². The van der Waals surface area contributed by atoms with Crippen LogP contribution in [0.4, 0.5) is 0 Å². The minimum atomic E-state index is -0.0374. The Morgan fingerprint density at radius 1 is 1.33 bits per heavy atom. The standard InChI is InChI=1S/C21H26N2O3S/c1-16(13-19-7-4-12-27-19)21(24)22-15-20(23-8-10-26-11-9-23)17-5-3-6-18(14-17)25-2/h3-7,12-14,20H,8-11,15H2,1-2H3,(H,22,24)/b16-13+. The monoisotopic (exact) mass is 386 g/mol. The van der Waals surface area contributed by atoms with Crippen LogP contribution in [0.25, 0.3) is 6.08 Å². The minimum Gasteiger partial charge on any atom is -0.497 e. The van der Waals surface area contributed by atoms with Crippen LogP contribution >= 0.6 is 11.3 Å². The van der Waals surface area contributed by atoms with Gasteiger partial charge in [-0.05, 0) is 42.1 Å². The van der Waals surface area contributed by atoms with E-state index in [2.05, 4.69) is 16.3 Å². The summed E-state index contributed by atoms with van der Waals surface area (Å²) < 4.78 is 10.9. The van der Waals surface area contributed by atoms with E-state index in [9.17, 15) is 4.79 Å². The Morgan fingerprint density at radius 3 is 2.85 bits per heavy atom. The van der Waals surface area contributed by atoms with Crippen molar-refractivity contribution in [2.45, 2.75) is 13.0 Å². The van der Waals surface area contributed by atoms with E-state index in [1.54, 1.807) is 18.4 Å².